The number of carbonyl (C=O) groups excluding carboxylic acids is 14. The number of carbonyl (C=O) groups is 15. The van der Waals surface area contributed by atoms with Gasteiger partial charge in [-0.3, -0.25) is 72.1 Å². The Labute approximate surface area is 554 Å². The molecule has 1 aromatic rings. The normalized spacial score (nSPS) is 17.8. The number of primary amides is 3. The fourth-order valence-electron chi connectivity index (χ4n) is 10.5. The Bertz CT molecular complexity index is 2970. The summed E-state index contributed by atoms with van der Waals surface area (Å²) >= 11 is 0. The molecule has 0 radical (unpaired) electrons. The van der Waals surface area contributed by atoms with Crippen molar-refractivity contribution in [1.82, 2.24) is 57.7 Å². The molecule has 0 bridgehead atoms. The van der Waals surface area contributed by atoms with Gasteiger partial charge in [0.05, 0.1) is 19.1 Å². The fraction of sp³-hybridized carbons (Fsp3) is 0.633. The van der Waals surface area contributed by atoms with Crippen molar-refractivity contribution in [2.45, 2.75) is 204 Å². The Morgan fingerprint density at radius 1 is 0.552 bits per heavy atom. The maximum atomic E-state index is 14.3. The summed E-state index contributed by atoms with van der Waals surface area (Å²) in [6.45, 7) is 8.37. The van der Waals surface area contributed by atoms with E-state index in [1.54, 1.807) is 58.0 Å². The number of aliphatic hydroxyl groups excluding tert-OH is 2. The van der Waals surface area contributed by atoms with Crippen molar-refractivity contribution in [3.8, 4) is 0 Å². The number of carboxylic acid groups (broad SMARTS) is 1. The van der Waals surface area contributed by atoms with E-state index in [4.69, 9.17) is 34.4 Å². The van der Waals surface area contributed by atoms with Gasteiger partial charge in [0.25, 0.3) is 0 Å². The topological polar surface area (TPSA) is 600 Å². The Balaban J connectivity index is 1.85. The second-order valence-electron chi connectivity index (χ2n) is 24.5. The smallest absolute Gasteiger partial charge is 0.328 e. The number of benzene rings is 1. The number of nitrogens with two attached hydrogens (primary N) is 6. The Morgan fingerprint density at radius 3 is 1.55 bits per heavy atom. The molecule has 2 aliphatic heterocycles. The summed E-state index contributed by atoms with van der Waals surface area (Å²) in [4.78, 5) is 208. The quantitative estimate of drug-likeness (QED) is 0.0165. The van der Waals surface area contributed by atoms with Gasteiger partial charge in [0.2, 0.25) is 82.7 Å². The summed E-state index contributed by atoms with van der Waals surface area (Å²) in [5.74, 6) is -15.8. The molecule has 2 saturated heterocycles. The minimum absolute atomic E-state index is 0.0275. The van der Waals surface area contributed by atoms with E-state index in [1.807, 2.05) is 0 Å². The third kappa shape index (κ3) is 26.3. The summed E-state index contributed by atoms with van der Waals surface area (Å²) in [6, 6.07) is -9.60. The number of nitrogens with zero attached hydrogens (tertiary/aromatic N) is 3. The first kappa shape index (κ1) is 80.7. The van der Waals surface area contributed by atoms with Crippen molar-refractivity contribution < 1.29 is 87.2 Å². The van der Waals surface area contributed by atoms with Gasteiger partial charge in [0.15, 0.2) is 5.96 Å². The first-order valence-corrected chi connectivity index (χ1v) is 31.6. The number of nitrogens with one attached hydrogen (secondary N) is 9. The summed E-state index contributed by atoms with van der Waals surface area (Å²) in [5, 5.41) is 50.8. The van der Waals surface area contributed by atoms with Crippen LogP contribution in [-0.2, 0) is 78.3 Å². The zero-order valence-electron chi connectivity index (χ0n) is 54.8. The fourth-order valence-corrected chi connectivity index (χ4v) is 10.5. The van der Waals surface area contributed by atoms with Gasteiger partial charge < -0.3 is 107 Å². The molecule has 13 atom stereocenters. The van der Waals surface area contributed by atoms with Crippen LogP contribution in [0.5, 0.6) is 0 Å². The first-order chi connectivity index (χ1) is 45.1. The number of aliphatic carboxylic acids is 1. The van der Waals surface area contributed by atoms with Crippen molar-refractivity contribution >= 4 is 94.6 Å². The van der Waals surface area contributed by atoms with E-state index in [0.29, 0.717) is 18.4 Å². The monoisotopic (exact) mass is 1360 g/mol. The van der Waals surface area contributed by atoms with Crippen LogP contribution in [0, 0.1) is 11.8 Å². The van der Waals surface area contributed by atoms with Crippen LogP contribution >= 0.6 is 0 Å². The molecular formula is C60H96N18O18. The number of aliphatic imine (C=N–C) groups is 1. The van der Waals surface area contributed by atoms with Gasteiger partial charge in [-0.15, -0.1) is 0 Å². The van der Waals surface area contributed by atoms with E-state index >= 15 is 0 Å². The molecule has 0 aromatic heterocycles. The lowest BCUT2D eigenvalue weighted by molar-refractivity contribution is -0.148. The third-order valence-electron chi connectivity index (χ3n) is 15.8. The predicted octanol–water partition coefficient (Wildman–Crippen LogP) is -7.46. The molecule has 0 aliphatic carbocycles. The number of hydrogen-bond donors (Lipinski definition) is 18. The van der Waals surface area contributed by atoms with Crippen LogP contribution in [-0.4, -0.2) is 225 Å². The molecule has 14 amide bonds. The molecule has 0 spiro atoms. The largest absolute Gasteiger partial charge is 0.480 e. The molecule has 0 saturated carbocycles. The summed E-state index contributed by atoms with van der Waals surface area (Å²) in [5.41, 5.74) is 33.5. The molecule has 36 heteroatoms. The Hall–Kier alpha value is -9.58. The lowest BCUT2D eigenvalue weighted by Crippen LogP contribution is -2.61. The number of carboxylic acids is 1. The number of guanidine groups is 1. The number of likely N-dealkylation sites (tertiary alicyclic amines) is 2. The highest BCUT2D eigenvalue weighted by atomic mass is 16.4. The standard InChI is InChI=1S/C60H96N18O18/c1-29(2)25-37(72-51(87)36(19-21-44(62)82)71-55(91)41-16-11-23-77(41)57(93)42-17-12-24-78(42)58(94)47(30(3)4)76-56(92)46(64)32(6)80)53(89)74-39(27-45(63)83)52(88)68-31(5)48(84)69-35(18-20-43(61)81)50(86)73-38(26-33-13-8-7-9-14-33)54(90)70-34(15-10-22-67-60(65)66)49(85)75-40(28-79)59(95)96/h7-9,13-14,29-32,34-42,46-47,79-80H,10-12,15-28,64H2,1-6H3,(H2,61,81)(H2,62,82)(H2,63,83)(H,68,88)(H,69,84)(H,70,90)(H,71,91)(H,72,87)(H,73,86)(H,74,89)(H,75,85)(H,76,92)(H,95,96)(H4,65,66,67)/t31-,32+,34-,35-,36-,37-,38-,39-,40-,41-,42-,46-,47-/m0/s1. The maximum absolute atomic E-state index is 14.3. The second-order valence-corrected chi connectivity index (χ2v) is 24.5. The van der Waals surface area contributed by atoms with Gasteiger partial charge >= 0.3 is 5.97 Å². The first-order valence-electron chi connectivity index (χ1n) is 31.6. The lowest BCUT2D eigenvalue weighted by atomic mass is 10.0. The van der Waals surface area contributed by atoms with E-state index in [1.165, 1.54) is 16.7 Å². The number of amides is 14. The van der Waals surface area contributed by atoms with Crippen molar-refractivity contribution in [2.75, 3.05) is 26.2 Å². The van der Waals surface area contributed by atoms with E-state index in [2.05, 4.69) is 52.8 Å². The molecule has 36 nitrogen and oxygen atoms in total. The Morgan fingerprint density at radius 2 is 1.03 bits per heavy atom. The molecule has 1 aromatic carbocycles. The molecule has 96 heavy (non-hydrogen) atoms. The second kappa shape index (κ2) is 39.3. The molecule has 534 valence electrons. The third-order valence-corrected chi connectivity index (χ3v) is 15.8. The molecule has 24 N–H and O–H groups in total. The van der Waals surface area contributed by atoms with E-state index in [0.717, 1.165) is 6.92 Å². The molecule has 3 rings (SSSR count). The average Bonchev–Trinajstić information content (AvgIpc) is 1.62. The van der Waals surface area contributed by atoms with Gasteiger partial charge in [-0.1, -0.05) is 58.0 Å². The number of rotatable bonds is 40. The van der Waals surface area contributed by atoms with Crippen molar-refractivity contribution in [2.24, 2.45) is 51.2 Å². The van der Waals surface area contributed by atoms with Crippen molar-refractivity contribution in [3.05, 3.63) is 35.9 Å². The van der Waals surface area contributed by atoms with Crippen LogP contribution in [0.4, 0.5) is 0 Å². The molecule has 0 unspecified atom stereocenters. The highest BCUT2D eigenvalue weighted by Gasteiger charge is 2.45. The minimum Gasteiger partial charge on any atom is -0.480 e. The van der Waals surface area contributed by atoms with Gasteiger partial charge in [0.1, 0.15) is 72.5 Å². The molecular weight excluding hydrogens is 1260 g/mol. The zero-order chi connectivity index (χ0) is 72.3. The SMILES string of the molecule is CC(C)C[C@H](NC(=O)[C@H](CCC(N)=O)NC(=O)[C@@H]1CCCN1C(=O)[C@@H]1CCCN1C(=O)[C@@H](NC(=O)[C@@H](N)[C@@H](C)O)C(C)C)C(=O)N[C@@H](CC(N)=O)C(=O)N[C@@H](C)C(=O)N[C@@H](CCC(N)=O)C(=O)N[C@@H](Cc1ccccc1)C(=O)N[C@@H](CCCN=C(N)N)C(=O)N[C@@H](CO)C(=O)O. The number of hydrogen-bond acceptors (Lipinski definition) is 19. The van der Waals surface area contributed by atoms with Gasteiger partial charge in [0, 0.05) is 38.9 Å². The zero-order valence-corrected chi connectivity index (χ0v) is 54.8. The highest BCUT2D eigenvalue weighted by molar-refractivity contribution is 6.00. The van der Waals surface area contributed by atoms with Crippen LogP contribution in [0.2, 0.25) is 0 Å². The molecule has 2 aliphatic rings. The summed E-state index contributed by atoms with van der Waals surface area (Å²) < 4.78 is 0. The Kier molecular flexibility index (Phi) is 33.0. The molecule has 2 fully saturated rings. The lowest BCUT2D eigenvalue weighted by Gasteiger charge is -2.34. The van der Waals surface area contributed by atoms with Gasteiger partial charge in [-0.2, -0.15) is 0 Å². The summed E-state index contributed by atoms with van der Waals surface area (Å²) in [7, 11) is 0. The van der Waals surface area contributed by atoms with E-state index in [9.17, 15) is 87.2 Å². The predicted molar refractivity (Wildman–Crippen MR) is 342 cm³/mol. The van der Waals surface area contributed by atoms with E-state index < -0.39 is 212 Å². The van der Waals surface area contributed by atoms with Crippen LogP contribution < -0.4 is 82.3 Å². The van der Waals surface area contributed by atoms with Crippen LogP contribution in [0.25, 0.3) is 0 Å². The van der Waals surface area contributed by atoms with Crippen molar-refractivity contribution in [3.63, 3.8) is 0 Å². The van der Waals surface area contributed by atoms with Gasteiger partial charge in [-0.05, 0) is 89.0 Å². The van der Waals surface area contributed by atoms with Gasteiger partial charge in [-0.25, -0.2) is 4.79 Å². The van der Waals surface area contributed by atoms with Crippen LogP contribution in [0.3, 0.4) is 0 Å². The minimum atomic E-state index is -1.84. The summed E-state index contributed by atoms with van der Waals surface area (Å²) in [6.07, 6.45) is -3.35. The number of aliphatic hydroxyl groups is 2. The van der Waals surface area contributed by atoms with E-state index in [-0.39, 0.29) is 70.0 Å². The van der Waals surface area contributed by atoms with Crippen molar-refractivity contribution in [1.29, 1.82) is 0 Å². The maximum Gasteiger partial charge on any atom is 0.328 e. The van der Waals surface area contributed by atoms with Crippen LogP contribution in [0.1, 0.15) is 124 Å². The average molecular weight is 1360 g/mol. The van der Waals surface area contributed by atoms with Crippen LogP contribution in [0.15, 0.2) is 35.3 Å². The highest BCUT2D eigenvalue weighted by Crippen LogP contribution is 2.27. The molecule has 2 heterocycles.